The molecule has 0 spiro atoms. The summed E-state index contributed by atoms with van der Waals surface area (Å²) < 4.78 is 35.3. The Hall–Kier alpha value is -1.54. The second kappa shape index (κ2) is 6.70. The number of alkyl halides is 2. The fourth-order valence-corrected chi connectivity index (χ4v) is 2.41. The van der Waals surface area contributed by atoms with Crippen molar-refractivity contribution in [2.24, 2.45) is 0 Å². The number of hydrogen-bond donors (Lipinski definition) is 0. The van der Waals surface area contributed by atoms with Gasteiger partial charge in [0.1, 0.15) is 5.75 Å². The van der Waals surface area contributed by atoms with Crippen molar-refractivity contribution in [2.75, 3.05) is 0 Å². The first-order valence-corrected chi connectivity index (χ1v) is 9.71. The summed E-state index contributed by atoms with van der Waals surface area (Å²) in [5.74, 6) is -0.220. The highest BCUT2D eigenvalue weighted by molar-refractivity contribution is 6.74. The minimum absolute atomic E-state index is 0.0302. The fourth-order valence-electron chi connectivity index (χ4n) is 1.46. The number of hydrogen-bond acceptors (Lipinski definition) is 4. The molecule has 0 heterocycles. The van der Waals surface area contributed by atoms with Gasteiger partial charge in [-0.05, 0) is 24.2 Å². The summed E-state index contributed by atoms with van der Waals surface area (Å²) in [5, 5.41) is 10.7. The summed E-state index contributed by atoms with van der Waals surface area (Å²) in [6, 6.07) is 3.64. The summed E-state index contributed by atoms with van der Waals surface area (Å²) in [4.78, 5) is 10.1. The highest BCUT2D eigenvalue weighted by atomic mass is 28.4. The van der Waals surface area contributed by atoms with Gasteiger partial charge in [-0.15, -0.1) is 0 Å². The maximum Gasteiger partial charge on any atom is 0.387 e. The average molecular weight is 333 g/mol. The van der Waals surface area contributed by atoms with Gasteiger partial charge in [0, 0.05) is 11.6 Å². The van der Waals surface area contributed by atoms with Crippen LogP contribution in [0, 0.1) is 10.1 Å². The van der Waals surface area contributed by atoms with E-state index in [1.807, 2.05) is 13.1 Å². The molecular weight excluding hydrogens is 312 g/mol. The lowest BCUT2D eigenvalue weighted by atomic mass is 10.2. The zero-order valence-electron chi connectivity index (χ0n) is 13.4. The molecule has 0 N–H and O–H groups in total. The molecule has 0 amide bonds. The minimum atomic E-state index is -3.05. The summed E-state index contributed by atoms with van der Waals surface area (Å²) in [7, 11) is -2.06. The fraction of sp³-hybridized carbons (Fsp3) is 0.571. The van der Waals surface area contributed by atoms with Gasteiger partial charge < -0.3 is 9.16 Å². The highest BCUT2D eigenvalue weighted by Crippen LogP contribution is 2.38. The lowest BCUT2D eigenvalue weighted by Gasteiger charge is -2.36. The molecule has 1 aromatic carbocycles. The first kappa shape index (κ1) is 18.5. The largest absolute Gasteiger partial charge is 0.434 e. The van der Waals surface area contributed by atoms with Crippen LogP contribution in [-0.2, 0) is 11.0 Å². The van der Waals surface area contributed by atoms with E-state index >= 15 is 0 Å². The van der Waals surface area contributed by atoms with Crippen LogP contribution in [0.5, 0.6) is 5.75 Å². The van der Waals surface area contributed by atoms with E-state index in [0.717, 1.165) is 6.07 Å². The van der Waals surface area contributed by atoms with Crippen LogP contribution >= 0.6 is 0 Å². The van der Waals surface area contributed by atoms with E-state index in [-0.39, 0.29) is 23.1 Å². The van der Waals surface area contributed by atoms with E-state index in [1.165, 1.54) is 12.1 Å². The Morgan fingerprint density at radius 2 is 1.91 bits per heavy atom. The Labute approximate surface area is 129 Å². The van der Waals surface area contributed by atoms with Crippen molar-refractivity contribution >= 4 is 14.0 Å². The van der Waals surface area contributed by atoms with Crippen molar-refractivity contribution < 1.29 is 22.9 Å². The van der Waals surface area contributed by atoms with E-state index in [0.29, 0.717) is 5.56 Å². The van der Waals surface area contributed by atoms with Crippen molar-refractivity contribution in [3.63, 3.8) is 0 Å². The topological polar surface area (TPSA) is 61.6 Å². The molecule has 22 heavy (non-hydrogen) atoms. The molecule has 0 radical (unpaired) electrons. The van der Waals surface area contributed by atoms with Crippen molar-refractivity contribution in [2.45, 2.75) is 52.1 Å². The van der Waals surface area contributed by atoms with Crippen LogP contribution in [0.3, 0.4) is 0 Å². The number of benzene rings is 1. The second-order valence-corrected chi connectivity index (χ2v) is 11.3. The lowest BCUT2D eigenvalue weighted by molar-refractivity contribution is -0.385. The number of nitro groups is 1. The maximum absolute atomic E-state index is 12.5. The van der Waals surface area contributed by atoms with Gasteiger partial charge in [0.15, 0.2) is 8.32 Å². The summed E-state index contributed by atoms with van der Waals surface area (Å²) in [6.45, 7) is 7.28. The predicted molar refractivity (Wildman–Crippen MR) is 81.7 cm³/mol. The third-order valence-electron chi connectivity index (χ3n) is 3.87. The Bertz CT molecular complexity index is 544. The molecule has 124 valence electrons. The Kier molecular flexibility index (Phi) is 5.63. The zero-order chi connectivity index (χ0) is 17.1. The number of halogens is 2. The molecular formula is C14H21F2NO4Si. The summed E-state index contributed by atoms with van der Waals surface area (Å²) in [6.07, 6.45) is 0. The van der Waals surface area contributed by atoms with Crippen LogP contribution in [-0.4, -0.2) is 19.9 Å². The Morgan fingerprint density at radius 3 is 2.36 bits per heavy atom. The molecule has 0 fully saturated rings. The van der Waals surface area contributed by atoms with Crippen molar-refractivity contribution in [3.8, 4) is 5.75 Å². The number of ether oxygens (including phenoxy) is 1. The molecule has 1 rings (SSSR count). The third-order valence-corrected chi connectivity index (χ3v) is 8.35. The van der Waals surface area contributed by atoms with Crippen LogP contribution in [0.15, 0.2) is 18.2 Å². The van der Waals surface area contributed by atoms with Crippen LogP contribution in [0.1, 0.15) is 26.3 Å². The predicted octanol–water partition coefficient (Wildman–Crippen LogP) is 4.72. The van der Waals surface area contributed by atoms with Crippen LogP contribution in [0.25, 0.3) is 0 Å². The second-order valence-electron chi connectivity index (χ2n) is 6.48. The third kappa shape index (κ3) is 4.74. The standard InChI is InChI=1S/C14H21F2NO4Si/c1-14(2,3)22(4,5)20-9-10-6-7-11(17(18)19)8-12(10)21-13(15)16/h6-8,13H,9H2,1-5H3. The van der Waals surface area contributed by atoms with Gasteiger partial charge in [-0.2, -0.15) is 8.78 Å². The number of nitro benzene ring substituents is 1. The number of nitrogens with zero attached hydrogens (tertiary/aromatic N) is 1. The van der Waals surface area contributed by atoms with Gasteiger partial charge in [0.2, 0.25) is 0 Å². The first-order valence-electron chi connectivity index (χ1n) is 6.80. The molecule has 0 atom stereocenters. The molecule has 0 aliphatic heterocycles. The van der Waals surface area contributed by atoms with Crippen LogP contribution < -0.4 is 4.74 Å². The SMILES string of the molecule is CC(C)(C)[Si](C)(C)OCc1ccc([N+](=O)[O-])cc1OC(F)F. The zero-order valence-corrected chi connectivity index (χ0v) is 14.4. The molecule has 1 aromatic rings. The molecule has 8 heteroatoms. The number of non-ortho nitro benzene ring substituents is 1. The molecule has 0 saturated carbocycles. The molecule has 0 saturated heterocycles. The maximum atomic E-state index is 12.5. The Balaban J connectivity index is 3.01. The van der Waals surface area contributed by atoms with Crippen molar-refractivity contribution in [3.05, 3.63) is 33.9 Å². The average Bonchev–Trinajstić information content (AvgIpc) is 2.34. The van der Waals surface area contributed by atoms with Gasteiger partial charge in [-0.3, -0.25) is 10.1 Å². The smallest absolute Gasteiger partial charge is 0.387 e. The minimum Gasteiger partial charge on any atom is -0.434 e. The van der Waals surface area contributed by atoms with Gasteiger partial charge in [0.25, 0.3) is 5.69 Å². The van der Waals surface area contributed by atoms with Gasteiger partial charge in [-0.1, -0.05) is 20.8 Å². The highest BCUT2D eigenvalue weighted by Gasteiger charge is 2.37. The van der Waals surface area contributed by atoms with Crippen molar-refractivity contribution in [1.82, 2.24) is 0 Å². The van der Waals surface area contributed by atoms with Gasteiger partial charge >= 0.3 is 6.61 Å². The van der Waals surface area contributed by atoms with E-state index in [9.17, 15) is 18.9 Å². The quantitative estimate of drug-likeness (QED) is 0.429. The van der Waals surface area contributed by atoms with E-state index in [1.54, 1.807) is 0 Å². The molecule has 0 bridgehead atoms. The first-order chi connectivity index (χ1) is 9.94. The summed E-state index contributed by atoms with van der Waals surface area (Å²) >= 11 is 0. The molecule has 0 aliphatic rings. The lowest BCUT2D eigenvalue weighted by Crippen LogP contribution is -2.40. The molecule has 0 aromatic heterocycles. The van der Waals surface area contributed by atoms with E-state index < -0.39 is 19.9 Å². The van der Waals surface area contributed by atoms with Crippen LogP contribution in [0.2, 0.25) is 18.1 Å². The number of rotatable bonds is 6. The van der Waals surface area contributed by atoms with E-state index in [2.05, 4.69) is 25.5 Å². The van der Waals surface area contributed by atoms with Gasteiger partial charge in [-0.25, -0.2) is 0 Å². The Morgan fingerprint density at radius 1 is 1.32 bits per heavy atom. The molecule has 5 nitrogen and oxygen atoms in total. The molecule has 0 unspecified atom stereocenters. The normalized spacial score (nSPS) is 12.5. The van der Waals surface area contributed by atoms with E-state index in [4.69, 9.17) is 4.43 Å². The summed E-state index contributed by atoms with van der Waals surface area (Å²) in [5.41, 5.74) is 0.0717. The van der Waals surface area contributed by atoms with Gasteiger partial charge in [0.05, 0.1) is 17.6 Å². The monoisotopic (exact) mass is 333 g/mol. The van der Waals surface area contributed by atoms with Crippen LogP contribution in [0.4, 0.5) is 14.5 Å². The molecule has 0 aliphatic carbocycles. The van der Waals surface area contributed by atoms with Crippen molar-refractivity contribution in [1.29, 1.82) is 0 Å².